The lowest BCUT2D eigenvalue weighted by molar-refractivity contribution is -0.145. The minimum absolute atomic E-state index is 0.245. The monoisotopic (exact) mass is 204 g/mol. The van der Waals surface area contributed by atoms with E-state index >= 15 is 0 Å². The molecule has 0 aromatic heterocycles. The van der Waals surface area contributed by atoms with Crippen LogP contribution >= 0.6 is 0 Å². The molecule has 1 aliphatic heterocycles. The summed E-state index contributed by atoms with van der Waals surface area (Å²) < 4.78 is 11.8. The van der Waals surface area contributed by atoms with Crippen molar-refractivity contribution in [3.05, 3.63) is 35.4 Å². The van der Waals surface area contributed by atoms with Gasteiger partial charge in [0.25, 0.3) is 0 Å². The van der Waals surface area contributed by atoms with Crippen LogP contribution in [0.15, 0.2) is 24.3 Å². The lowest BCUT2D eigenvalue weighted by Gasteiger charge is -2.24. The topological polar surface area (TPSA) is 18.5 Å². The SMILES string of the molecule is CC1(C)O[C@H]2Cc3ccccc3C[C@@H]2O1. The maximum absolute atomic E-state index is 5.89. The minimum atomic E-state index is -0.405. The molecule has 0 spiro atoms. The molecule has 1 saturated heterocycles. The molecule has 0 radical (unpaired) electrons. The van der Waals surface area contributed by atoms with E-state index in [1.54, 1.807) is 0 Å². The lowest BCUT2D eigenvalue weighted by atomic mass is 9.88. The van der Waals surface area contributed by atoms with Crippen LogP contribution < -0.4 is 0 Å². The van der Waals surface area contributed by atoms with E-state index in [0.29, 0.717) is 0 Å². The number of hydrogen-bond acceptors (Lipinski definition) is 2. The van der Waals surface area contributed by atoms with Crippen LogP contribution in [0.2, 0.25) is 0 Å². The van der Waals surface area contributed by atoms with E-state index < -0.39 is 5.79 Å². The van der Waals surface area contributed by atoms with E-state index in [4.69, 9.17) is 9.47 Å². The summed E-state index contributed by atoms with van der Waals surface area (Å²) in [6.45, 7) is 3.99. The van der Waals surface area contributed by atoms with E-state index in [1.165, 1.54) is 11.1 Å². The maximum Gasteiger partial charge on any atom is 0.163 e. The average molecular weight is 204 g/mol. The molecular formula is C13H16O2. The van der Waals surface area contributed by atoms with E-state index in [1.807, 2.05) is 13.8 Å². The Bertz CT molecular complexity index is 349. The number of benzene rings is 1. The smallest absolute Gasteiger partial charge is 0.163 e. The normalized spacial score (nSPS) is 32.1. The third kappa shape index (κ3) is 1.58. The molecular weight excluding hydrogens is 188 g/mol. The molecule has 2 heteroatoms. The van der Waals surface area contributed by atoms with Gasteiger partial charge in [-0.2, -0.15) is 0 Å². The summed E-state index contributed by atoms with van der Waals surface area (Å²) in [6, 6.07) is 8.58. The summed E-state index contributed by atoms with van der Waals surface area (Å²) in [5.74, 6) is -0.405. The van der Waals surface area contributed by atoms with Gasteiger partial charge in [0.15, 0.2) is 5.79 Å². The highest BCUT2D eigenvalue weighted by molar-refractivity contribution is 5.31. The van der Waals surface area contributed by atoms with Crippen LogP contribution in [0.25, 0.3) is 0 Å². The Labute approximate surface area is 90.2 Å². The predicted molar refractivity (Wildman–Crippen MR) is 57.7 cm³/mol. The summed E-state index contributed by atoms with van der Waals surface area (Å²) in [5.41, 5.74) is 2.83. The van der Waals surface area contributed by atoms with Gasteiger partial charge in [-0.3, -0.25) is 0 Å². The summed E-state index contributed by atoms with van der Waals surface area (Å²) in [7, 11) is 0. The largest absolute Gasteiger partial charge is 0.344 e. The Kier molecular flexibility index (Phi) is 1.91. The van der Waals surface area contributed by atoms with Gasteiger partial charge in [0.1, 0.15) is 0 Å². The molecule has 1 aliphatic carbocycles. The Morgan fingerprint density at radius 1 is 1.00 bits per heavy atom. The molecule has 1 heterocycles. The quantitative estimate of drug-likeness (QED) is 0.645. The first-order valence-electron chi connectivity index (χ1n) is 5.56. The molecule has 1 aromatic carbocycles. The fourth-order valence-electron chi connectivity index (χ4n) is 2.64. The standard InChI is InChI=1S/C13H16O2/c1-13(2)14-11-7-9-5-3-4-6-10(9)8-12(11)15-13/h3-6,11-12H,7-8H2,1-2H3/t11-,12-/m0/s1. The lowest BCUT2D eigenvalue weighted by Crippen LogP contribution is -2.31. The van der Waals surface area contributed by atoms with E-state index in [2.05, 4.69) is 24.3 Å². The second-order valence-electron chi connectivity index (χ2n) is 4.89. The summed E-state index contributed by atoms with van der Waals surface area (Å²) in [5, 5.41) is 0. The van der Waals surface area contributed by atoms with Crippen molar-refractivity contribution in [2.75, 3.05) is 0 Å². The van der Waals surface area contributed by atoms with E-state index in [9.17, 15) is 0 Å². The third-order valence-electron chi connectivity index (χ3n) is 3.25. The van der Waals surface area contributed by atoms with E-state index in [0.717, 1.165) is 12.8 Å². The van der Waals surface area contributed by atoms with Crippen LogP contribution in [0.1, 0.15) is 25.0 Å². The Hall–Kier alpha value is -0.860. The van der Waals surface area contributed by atoms with Crippen molar-refractivity contribution in [1.29, 1.82) is 0 Å². The van der Waals surface area contributed by atoms with Crippen molar-refractivity contribution in [3.63, 3.8) is 0 Å². The molecule has 1 fully saturated rings. The van der Waals surface area contributed by atoms with Crippen molar-refractivity contribution in [3.8, 4) is 0 Å². The molecule has 0 saturated carbocycles. The zero-order valence-electron chi connectivity index (χ0n) is 9.19. The Morgan fingerprint density at radius 3 is 1.93 bits per heavy atom. The summed E-state index contributed by atoms with van der Waals surface area (Å²) >= 11 is 0. The molecule has 0 bridgehead atoms. The number of hydrogen-bond donors (Lipinski definition) is 0. The van der Waals surface area contributed by atoms with Crippen LogP contribution in [-0.4, -0.2) is 18.0 Å². The number of rotatable bonds is 0. The van der Waals surface area contributed by atoms with Gasteiger partial charge < -0.3 is 9.47 Å². The van der Waals surface area contributed by atoms with Crippen LogP contribution in [0.5, 0.6) is 0 Å². The van der Waals surface area contributed by atoms with Gasteiger partial charge in [0.05, 0.1) is 12.2 Å². The molecule has 80 valence electrons. The molecule has 2 atom stereocenters. The molecule has 3 rings (SSSR count). The first kappa shape index (κ1) is 9.37. The third-order valence-corrected chi connectivity index (χ3v) is 3.25. The van der Waals surface area contributed by atoms with Gasteiger partial charge in [0, 0.05) is 12.8 Å². The molecule has 2 aliphatic rings. The van der Waals surface area contributed by atoms with Gasteiger partial charge in [0.2, 0.25) is 0 Å². The van der Waals surface area contributed by atoms with Crippen LogP contribution in [0.4, 0.5) is 0 Å². The summed E-state index contributed by atoms with van der Waals surface area (Å²) in [6.07, 6.45) is 2.47. The van der Waals surface area contributed by atoms with Gasteiger partial charge in [-0.05, 0) is 25.0 Å². The van der Waals surface area contributed by atoms with Gasteiger partial charge in [-0.1, -0.05) is 24.3 Å². The first-order chi connectivity index (χ1) is 7.14. The van der Waals surface area contributed by atoms with Crippen molar-refractivity contribution in [2.45, 2.75) is 44.7 Å². The number of ether oxygens (including phenoxy) is 2. The maximum atomic E-state index is 5.89. The van der Waals surface area contributed by atoms with Crippen LogP contribution in [-0.2, 0) is 22.3 Å². The molecule has 15 heavy (non-hydrogen) atoms. The van der Waals surface area contributed by atoms with Crippen LogP contribution in [0, 0.1) is 0 Å². The van der Waals surface area contributed by atoms with Gasteiger partial charge in [-0.25, -0.2) is 0 Å². The zero-order valence-corrected chi connectivity index (χ0v) is 9.19. The fourth-order valence-corrected chi connectivity index (χ4v) is 2.64. The Morgan fingerprint density at radius 2 is 1.47 bits per heavy atom. The van der Waals surface area contributed by atoms with Gasteiger partial charge >= 0.3 is 0 Å². The highest BCUT2D eigenvalue weighted by Gasteiger charge is 2.43. The molecule has 0 unspecified atom stereocenters. The average Bonchev–Trinajstić information content (AvgIpc) is 2.46. The minimum Gasteiger partial charge on any atom is -0.344 e. The van der Waals surface area contributed by atoms with Crippen molar-refractivity contribution < 1.29 is 9.47 Å². The highest BCUT2D eigenvalue weighted by Crippen LogP contribution is 2.35. The summed E-state index contributed by atoms with van der Waals surface area (Å²) in [4.78, 5) is 0. The second-order valence-corrected chi connectivity index (χ2v) is 4.89. The Balaban J connectivity index is 1.90. The van der Waals surface area contributed by atoms with Crippen molar-refractivity contribution >= 4 is 0 Å². The van der Waals surface area contributed by atoms with Crippen molar-refractivity contribution in [1.82, 2.24) is 0 Å². The van der Waals surface area contributed by atoms with Crippen LogP contribution in [0.3, 0.4) is 0 Å². The molecule has 1 aromatic rings. The predicted octanol–water partition coefficient (Wildman–Crippen LogP) is 2.31. The zero-order chi connectivity index (χ0) is 10.5. The van der Waals surface area contributed by atoms with Crippen molar-refractivity contribution in [2.24, 2.45) is 0 Å². The van der Waals surface area contributed by atoms with E-state index in [-0.39, 0.29) is 12.2 Å². The highest BCUT2D eigenvalue weighted by atomic mass is 16.7. The second kappa shape index (κ2) is 3.06. The first-order valence-corrected chi connectivity index (χ1v) is 5.56. The molecule has 0 amide bonds. The van der Waals surface area contributed by atoms with Gasteiger partial charge in [-0.15, -0.1) is 0 Å². The molecule has 2 nitrogen and oxygen atoms in total. The fraction of sp³-hybridized carbons (Fsp3) is 0.538. The number of fused-ring (bicyclic) bond motifs is 2. The molecule has 0 N–H and O–H groups in total.